The van der Waals surface area contributed by atoms with Crippen LogP contribution in [-0.4, -0.2) is 49.4 Å². The van der Waals surface area contributed by atoms with Crippen molar-refractivity contribution in [2.24, 2.45) is 5.92 Å². The maximum atomic E-state index is 6.07. The van der Waals surface area contributed by atoms with Gasteiger partial charge in [0, 0.05) is 26.2 Å². The highest BCUT2D eigenvalue weighted by atomic mass is 16.5. The maximum absolute atomic E-state index is 6.07. The molecule has 1 aromatic rings. The van der Waals surface area contributed by atoms with Crippen LogP contribution in [0.5, 0.6) is 0 Å². The third kappa shape index (κ3) is 2.45. The van der Waals surface area contributed by atoms with Crippen molar-refractivity contribution in [3.63, 3.8) is 0 Å². The monoisotopic (exact) mass is 278 g/mol. The molecular weight excluding hydrogens is 256 g/mol. The van der Waals surface area contributed by atoms with Crippen LogP contribution in [0.1, 0.15) is 13.3 Å². The summed E-state index contributed by atoms with van der Waals surface area (Å²) < 4.78 is 5.36. The van der Waals surface area contributed by atoms with Gasteiger partial charge in [0.2, 0.25) is 5.95 Å². The Kier molecular flexibility index (Phi) is 3.52. The zero-order chi connectivity index (χ0) is 14.1. The van der Waals surface area contributed by atoms with Crippen LogP contribution in [-0.2, 0) is 4.74 Å². The molecule has 1 unspecified atom stereocenters. The molecule has 0 spiro atoms. The van der Waals surface area contributed by atoms with E-state index in [1.54, 1.807) is 0 Å². The number of nitrogens with zero attached hydrogens (tertiary/aromatic N) is 4. The first-order valence-electron chi connectivity index (χ1n) is 7.16. The highest BCUT2D eigenvalue weighted by molar-refractivity contribution is 5.75. The summed E-state index contributed by atoms with van der Waals surface area (Å²) in [6.07, 6.45) is 1.16. The van der Waals surface area contributed by atoms with Gasteiger partial charge < -0.3 is 26.0 Å². The molecule has 3 rings (SSSR count). The topological polar surface area (TPSA) is 93.5 Å². The molecule has 0 aromatic carbocycles. The van der Waals surface area contributed by atoms with E-state index in [0.717, 1.165) is 38.4 Å². The summed E-state index contributed by atoms with van der Waals surface area (Å²) in [5.74, 6) is 2.48. The SMILES string of the molecule is CC1CCN(c2nc(N3CCOCC3)nc(N)c2N)C1. The Bertz CT molecular complexity index is 488. The lowest BCUT2D eigenvalue weighted by Crippen LogP contribution is -2.38. The number of rotatable bonds is 2. The lowest BCUT2D eigenvalue weighted by atomic mass is 10.2. The predicted octanol–water partition coefficient (Wildman–Crippen LogP) is 0.324. The van der Waals surface area contributed by atoms with Gasteiger partial charge in [0.05, 0.1) is 13.2 Å². The van der Waals surface area contributed by atoms with Gasteiger partial charge in [0.1, 0.15) is 5.69 Å². The van der Waals surface area contributed by atoms with Gasteiger partial charge in [-0.1, -0.05) is 6.92 Å². The molecule has 1 atom stereocenters. The van der Waals surface area contributed by atoms with Gasteiger partial charge in [-0.25, -0.2) is 0 Å². The van der Waals surface area contributed by atoms with Crippen LogP contribution >= 0.6 is 0 Å². The van der Waals surface area contributed by atoms with Gasteiger partial charge in [-0.05, 0) is 12.3 Å². The molecule has 3 heterocycles. The Morgan fingerprint density at radius 1 is 1.10 bits per heavy atom. The van der Waals surface area contributed by atoms with Crippen molar-refractivity contribution >= 4 is 23.3 Å². The Balaban J connectivity index is 1.90. The van der Waals surface area contributed by atoms with Gasteiger partial charge in [0.25, 0.3) is 0 Å². The van der Waals surface area contributed by atoms with E-state index < -0.39 is 0 Å². The zero-order valence-corrected chi connectivity index (χ0v) is 11.9. The van der Waals surface area contributed by atoms with E-state index >= 15 is 0 Å². The molecule has 4 N–H and O–H groups in total. The average Bonchev–Trinajstić information content (AvgIpc) is 2.89. The normalized spacial score (nSPS) is 23.4. The largest absolute Gasteiger partial charge is 0.393 e. The molecule has 0 aliphatic carbocycles. The molecule has 0 saturated carbocycles. The number of hydrogen-bond acceptors (Lipinski definition) is 7. The minimum Gasteiger partial charge on any atom is -0.393 e. The van der Waals surface area contributed by atoms with Crippen LogP contribution in [0.3, 0.4) is 0 Å². The van der Waals surface area contributed by atoms with E-state index in [9.17, 15) is 0 Å². The third-order valence-corrected chi connectivity index (χ3v) is 3.96. The second-order valence-corrected chi connectivity index (χ2v) is 5.59. The highest BCUT2D eigenvalue weighted by Gasteiger charge is 2.25. The van der Waals surface area contributed by atoms with Gasteiger partial charge in [-0.3, -0.25) is 0 Å². The smallest absolute Gasteiger partial charge is 0.229 e. The van der Waals surface area contributed by atoms with Crippen LogP contribution in [0.2, 0.25) is 0 Å². The van der Waals surface area contributed by atoms with Crippen molar-refractivity contribution < 1.29 is 4.74 Å². The molecular formula is C13H22N6O. The lowest BCUT2D eigenvalue weighted by molar-refractivity contribution is 0.122. The van der Waals surface area contributed by atoms with E-state index in [2.05, 4.69) is 26.7 Å². The van der Waals surface area contributed by atoms with Gasteiger partial charge in [-0.15, -0.1) is 0 Å². The van der Waals surface area contributed by atoms with E-state index in [1.807, 2.05) is 0 Å². The number of anilines is 4. The van der Waals surface area contributed by atoms with Crippen LogP contribution in [0.4, 0.5) is 23.3 Å². The molecule has 7 heteroatoms. The number of nitrogen functional groups attached to an aromatic ring is 2. The van der Waals surface area contributed by atoms with E-state index in [-0.39, 0.29) is 0 Å². The first-order chi connectivity index (χ1) is 9.65. The summed E-state index contributed by atoms with van der Waals surface area (Å²) >= 11 is 0. The Labute approximate surface area is 118 Å². The molecule has 2 aliphatic heterocycles. The summed E-state index contributed by atoms with van der Waals surface area (Å²) in [5.41, 5.74) is 12.5. The van der Waals surface area contributed by atoms with Crippen LogP contribution in [0.15, 0.2) is 0 Å². The molecule has 0 bridgehead atoms. The molecule has 0 amide bonds. The fourth-order valence-electron chi connectivity index (χ4n) is 2.74. The second-order valence-electron chi connectivity index (χ2n) is 5.59. The van der Waals surface area contributed by atoms with E-state index in [4.69, 9.17) is 16.2 Å². The number of aromatic nitrogens is 2. The van der Waals surface area contributed by atoms with Gasteiger partial charge in [-0.2, -0.15) is 9.97 Å². The highest BCUT2D eigenvalue weighted by Crippen LogP contribution is 2.31. The fourth-order valence-corrected chi connectivity index (χ4v) is 2.74. The summed E-state index contributed by atoms with van der Waals surface area (Å²) in [4.78, 5) is 13.3. The molecule has 110 valence electrons. The van der Waals surface area contributed by atoms with E-state index in [1.165, 1.54) is 0 Å². The van der Waals surface area contributed by atoms with Crippen LogP contribution < -0.4 is 21.3 Å². The maximum Gasteiger partial charge on any atom is 0.229 e. The van der Waals surface area contributed by atoms with Crippen molar-refractivity contribution in [1.82, 2.24) is 9.97 Å². The Morgan fingerprint density at radius 2 is 1.85 bits per heavy atom. The molecule has 1 aromatic heterocycles. The molecule has 20 heavy (non-hydrogen) atoms. The van der Waals surface area contributed by atoms with Gasteiger partial charge >= 0.3 is 0 Å². The van der Waals surface area contributed by atoms with Crippen LogP contribution in [0, 0.1) is 5.92 Å². The summed E-state index contributed by atoms with van der Waals surface area (Å²) in [6, 6.07) is 0. The standard InChI is InChI=1S/C13H22N6O/c1-9-2-3-19(8-9)12-10(14)11(15)16-13(17-12)18-4-6-20-7-5-18/h9H,2-8,14H2,1H3,(H2,15,16,17). The van der Waals surface area contributed by atoms with Crippen molar-refractivity contribution in [3.05, 3.63) is 0 Å². The minimum absolute atomic E-state index is 0.371. The van der Waals surface area contributed by atoms with Gasteiger partial charge in [0.15, 0.2) is 11.6 Å². The first-order valence-corrected chi connectivity index (χ1v) is 7.16. The summed E-state index contributed by atoms with van der Waals surface area (Å²) in [7, 11) is 0. The summed E-state index contributed by atoms with van der Waals surface area (Å²) in [5, 5.41) is 0. The minimum atomic E-state index is 0.371. The number of nitrogens with two attached hydrogens (primary N) is 2. The third-order valence-electron chi connectivity index (χ3n) is 3.96. The zero-order valence-electron chi connectivity index (χ0n) is 11.9. The molecule has 2 saturated heterocycles. The fraction of sp³-hybridized carbons (Fsp3) is 0.692. The molecule has 0 radical (unpaired) electrons. The average molecular weight is 278 g/mol. The quantitative estimate of drug-likeness (QED) is 0.804. The van der Waals surface area contributed by atoms with Crippen molar-refractivity contribution in [2.45, 2.75) is 13.3 Å². The lowest BCUT2D eigenvalue weighted by Gasteiger charge is -2.28. The summed E-state index contributed by atoms with van der Waals surface area (Å²) in [6.45, 7) is 7.17. The molecule has 7 nitrogen and oxygen atoms in total. The predicted molar refractivity (Wildman–Crippen MR) is 79.9 cm³/mol. The Hall–Kier alpha value is -1.76. The molecule has 2 aliphatic rings. The first kappa shape index (κ1) is 13.2. The number of hydrogen-bond donors (Lipinski definition) is 2. The molecule has 2 fully saturated rings. The van der Waals surface area contributed by atoms with Crippen molar-refractivity contribution in [1.29, 1.82) is 0 Å². The van der Waals surface area contributed by atoms with Crippen molar-refractivity contribution in [2.75, 3.05) is 60.7 Å². The number of morpholine rings is 1. The second kappa shape index (κ2) is 5.32. The van der Waals surface area contributed by atoms with Crippen molar-refractivity contribution in [3.8, 4) is 0 Å². The van der Waals surface area contributed by atoms with Crippen LogP contribution in [0.25, 0.3) is 0 Å². The van der Waals surface area contributed by atoms with E-state index in [0.29, 0.717) is 36.6 Å². The Morgan fingerprint density at radius 3 is 2.50 bits per heavy atom. The number of ether oxygens (including phenoxy) is 1.